The molecule has 62 heavy (non-hydrogen) atoms. The van der Waals surface area contributed by atoms with Crippen molar-refractivity contribution in [3.8, 4) is 11.6 Å². The number of rotatable bonds is 9. The van der Waals surface area contributed by atoms with Crippen molar-refractivity contribution in [3.05, 3.63) is 36.0 Å². The lowest BCUT2D eigenvalue weighted by Gasteiger charge is -2.34. The number of benzene rings is 1. The van der Waals surface area contributed by atoms with Gasteiger partial charge in [-0.05, 0) is 90.2 Å². The number of carbonyl (C=O) groups is 4. The molecule has 22 heteroatoms. The van der Waals surface area contributed by atoms with Crippen molar-refractivity contribution in [2.24, 2.45) is 17.8 Å². The highest BCUT2D eigenvalue weighted by atomic mass is 32.2. The van der Waals surface area contributed by atoms with Gasteiger partial charge < -0.3 is 29.7 Å². The molecular formula is C40H50F6N6O9S. The maximum atomic E-state index is 14.7. The molecule has 2 aromatic rings. The van der Waals surface area contributed by atoms with E-state index in [0.29, 0.717) is 39.5 Å². The third-order valence-electron chi connectivity index (χ3n) is 12.0. The fourth-order valence-corrected chi connectivity index (χ4v) is 9.05. The van der Waals surface area contributed by atoms with Crippen LogP contribution >= 0.6 is 0 Å². The summed E-state index contributed by atoms with van der Waals surface area (Å²) in [7, 11) is -4.19. The first kappa shape index (κ1) is 46.6. The second-order valence-corrected chi connectivity index (χ2v) is 19.6. The van der Waals surface area contributed by atoms with Crippen LogP contribution in [0.25, 0.3) is 11.0 Å². The number of carbonyl (C=O) groups excluding carboxylic acids is 4. The third kappa shape index (κ3) is 9.68. The molecule has 4 aliphatic rings. The van der Waals surface area contributed by atoms with Crippen molar-refractivity contribution >= 4 is 44.9 Å². The van der Waals surface area contributed by atoms with Crippen LogP contribution in [0, 0.1) is 17.8 Å². The SMILES string of the molecule is CCOc1ccc2nc(C(F)(F)F)c(O[C@@H]3C[C@H]4C(=O)N[C@]5(C(=O)NS(=O)(=O)C6(C)CC6)CC5/C=C\CC[C@@H](C)C[C@@H](C)[C@H](NC(=O)OC(C)(C)C(F)(F)F)C(=O)N4C3)nc2c1. The molecule has 7 atom stereocenters. The Morgan fingerprint density at radius 3 is 2.35 bits per heavy atom. The van der Waals surface area contributed by atoms with Crippen LogP contribution < -0.4 is 24.8 Å². The summed E-state index contributed by atoms with van der Waals surface area (Å²) in [6.45, 7) is 7.43. The summed E-state index contributed by atoms with van der Waals surface area (Å²) < 4.78 is 128. The number of hydrogen-bond acceptors (Lipinski definition) is 11. The fraction of sp³-hybridized carbons (Fsp3) is 0.650. The van der Waals surface area contributed by atoms with Gasteiger partial charge in [0, 0.05) is 18.4 Å². The van der Waals surface area contributed by atoms with Crippen molar-refractivity contribution in [2.45, 2.75) is 133 Å². The number of fused-ring (bicyclic) bond motifs is 3. The topological polar surface area (TPSA) is 195 Å². The minimum Gasteiger partial charge on any atom is -0.494 e. The van der Waals surface area contributed by atoms with E-state index in [-0.39, 0.29) is 42.1 Å². The smallest absolute Gasteiger partial charge is 0.438 e. The number of ether oxygens (including phenoxy) is 3. The predicted molar refractivity (Wildman–Crippen MR) is 209 cm³/mol. The standard InChI is InChI=1S/C40H50F6N6O9S/c1-7-59-24-12-13-26-27(17-24)48-32(30(47-26)39(41,42)43)60-25-18-28-31(53)50-38(34(55)51-62(57,58)37(6)14-15-37)19-23(38)11-9-8-10-21(2)16-22(3)29(33(54)52(28)20-25)49-35(56)61-36(4,5)40(44,45)46/h9,11-13,17,21-23,25,28-29H,7-8,10,14-16,18-20H2,1-6H3,(H,49,56)(H,50,53)(H,51,55)/b11-9-/t21-,22-,23?,25-,28+,29+,38-/m1/s1. The van der Waals surface area contributed by atoms with E-state index in [1.807, 2.05) is 6.92 Å². The van der Waals surface area contributed by atoms with Crippen LogP contribution in [0.2, 0.25) is 0 Å². The molecule has 3 fully saturated rings. The van der Waals surface area contributed by atoms with Gasteiger partial charge in [0.2, 0.25) is 39.0 Å². The number of amides is 4. The summed E-state index contributed by atoms with van der Waals surface area (Å²) in [4.78, 5) is 65.0. The van der Waals surface area contributed by atoms with Gasteiger partial charge in [-0.1, -0.05) is 26.0 Å². The van der Waals surface area contributed by atoms with E-state index in [1.165, 1.54) is 25.1 Å². The Bertz CT molecular complexity index is 2230. The lowest BCUT2D eigenvalue weighted by molar-refractivity contribution is -0.244. The Morgan fingerprint density at radius 1 is 1.03 bits per heavy atom. The first-order chi connectivity index (χ1) is 28.7. The van der Waals surface area contributed by atoms with Crippen LogP contribution in [0.5, 0.6) is 11.6 Å². The Kier molecular flexibility index (Phi) is 12.5. The zero-order valence-corrected chi connectivity index (χ0v) is 35.7. The Morgan fingerprint density at radius 2 is 1.73 bits per heavy atom. The lowest BCUT2D eigenvalue weighted by Crippen LogP contribution is -2.59. The van der Waals surface area contributed by atoms with Gasteiger partial charge in [-0.3, -0.25) is 19.1 Å². The number of aromatic nitrogens is 2. The summed E-state index contributed by atoms with van der Waals surface area (Å²) in [6.07, 6.45) is -8.40. The van der Waals surface area contributed by atoms with Gasteiger partial charge in [0.05, 0.1) is 28.9 Å². The van der Waals surface area contributed by atoms with Crippen molar-refractivity contribution in [3.63, 3.8) is 0 Å². The number of nitrogens with zero attached hydrogens (tertiary/aromatic N) is 3. The molecule has 0 radical (unpaired) electrons. The van der Waals surface area contributed by atoms with E-state index in [0.717, 1.165) is 4.90 Å². The average molecular weight is 905 g/mol. The van der Waals surface area contributed by atoms with Gasteiger partial charge in [-0.2, -0.15) is 26.3 Å². The minimum atomic E-state index is -5.09. The maximum absolute atomic E-state index is 14.7. The number of alkyl halides is 6. The molecule has 0 spiro atoms. The van der Waals surface area contributed by atoms with Gasteiger partial charge in [-0.15, -0.1) is 0 Å². The molecule has 1 aromatic heterocycles. The molecule has 1 saturated heterocycles. The predicted octanol–water partition coefficient (Wildman–Crippen LogP) is 5.72. The van der Waals surface area contributed by atoms with E-state index >= 15 is 0 Å². The quantitative estimate of drug-likeness (QED) is 0.206. The second kappa shape index (κ2) is 16.7. The molecule has 2 aliphatic heterocycles. The molecule has 3 N–H and O–H groups in total. The molecule has 1 aromatic carbocycles. The maximum Gasteiger partial charge on any atom is 0.438 e. The van der Waals surface area contributed by atoms with E-state index < -0.39 is 117 Å². The van der Waals surface area contributed by atoms with Crippen LogP contribution in [-0.4, -0.2) is 101 Å². The zero-order chi connectivity index (χ0) is 45.8. The normalized spacial score (nSPS) is 28.6. The van der Waals surface area contributed by atoms with Crippen LogP contribution in [0.4, 0.5) is 31.1 Å². The van der Waals surface area contributed by atoms with E-state index in [4.69, 9.17) is 14.2 Å². The van der Waals surface area contributed by atoms with E-state index in [9.17, 15) is 53.9 Å². The van der Waals surface area contributed by atoms with E-state index in [2.05, 4.69) is 25.3 Å². The second-order valence-electron chi connectivity index (χ2n) is 17.4. The summed E-state index contributed by atoms with van der Waals surface area (Å²) >= 11 is 0. The zero-order valence-electron chi connectivity index (χ0n) is 34.9. The molecule has 15 nitrogen and oxygen atoms in total. The third-order valence-corrected chi connectivity index (χ3v) is 14.2. The first-order valence-electron chi connectivity index (χ1n) is 20.3. The lowest BCUT2D eigenvalue weighted by atomic mass is 9.88. The Balaban J connectivity index is 1.39. The molecule has 4 amide bonds. The fourth-order valence-electron chi connectivity index (χ4n) is 7.74. The molecule has 2 aliphatic carbocycles. The van der Waals surface area contributed by atoms with Gasteiger partial charge in [0.25, 0.3) is 5.91 Å². The molecular weight excluding hydrogens is 855 g/mol. The van der Waals surface area contributed by atoms with Crippen LogP contribution in [0.15, 0.2) is 30.4 Å². The minimum absolute atomic E-state index is 0.0309. The monoisotopic (exact) mass is 904 g/mol. The van der Waals surface area contributed by atoms with Crippen molar-refractivity contribution in [2.75, 3.05) is 13.2 Å². The van der Waals surface area contributed by atoms with Gasteiger partial charge >= 0.3 is 18.4 Å². The number of nitrogens with one attached hydrogen (secondary N) is 3. The van der Waals surface area contributed by atoms with Crippen LogP contribution in [0.1, 0.15) is 92.2 Å². The number of allylic oxidation sites excluding steroid dienone is 1. The highest BCUT2D eigenvalue weighted by Crippen LogP contribution is 2.48. The van der Waals surface area contributed by atoms with Crippen LogP contribution in [0.3, 0.4) is 0 Å². The number of hydrogen-bond donors (Lipinski definition) is 3. The average Bonchev–Trinajstić information content (AvgIpc) is 4.04. The number of halogens is 6. The van der Waals surface area contributed by atoms with Crippen molar-refractivity contribution in [1.82, 2.24) is 30.2 Å². The highest BCUT2D eigenvalue weighted by Gasteiger charge is 2.63. The first-order valence-corrected chi connectivity index (χ1v) is 21.8. The summed E-state index contributed by atoms with van der Waals surface area (Å²) in [5, 5.41) is 4.89. The van der Waals surface area contributed by atoms with Crippen LogP contribution in [-0.2, 0) is 35.3 Å². The number of sulfonamides is 1. The molecule has 6 rings (SSSR count). The Hall–Kier alpha value is -4.89. The van der Waals surface area contributed by atoms with Gasteiger partial charge in [0.15, 0.2) is 0 Å². The van der Waals surface area contributed by atoms with Gasteiger partial charge in [0.1, 0.15) is 29.5 Å². The molecule has 342 valence electrons. The summed E-state index contributed by atoms with van der Waals surface area (Å²) in [5.74, 6) is -5.40. The highest BCUT2D eigenvalue weighted by molar-refractivity contribution is 7.91. The van der Waals surface area contributed by atoms with Crippen molar-refractivity contribution < 1.29 is 68.1 Å². The Labute approximate surface area is 354 Å². The van der Waals surface area contributed by atoms with E-state index in [1.54, 1.807) is 26.0 Å². The molecule has 2 saturated carbocycles. The van der Waals surface area contributed by atoms with Crippen molar-refractivity contribution in [1.29, 1.82) is 0 Å². The molecule has 0 bridgehead atoms. The summed E-state index contributed by atoms with van der Waals surface area (Å²) in [6, 6.07) is 0.770. The number of alkyl carbamates (subject to hydrolysis) is 1. The molecule has 1 unspecified atom stereocenters. The van der Waals surface area contributed by atoms with Gasteiger partial charge in [-0.25, -0.2) is 23.2 Å². The molecule has 3 heterocycles. The summed E-state index contributed by atoms with van der Waals surface area (Å²) in [5.41, 5.74) is -6.49. The largest absolute Gasteiger partial charge is 0.494 e.